The van der Waals surface area contributed by atoms with Crippen molar-refractivity contribution in [2.45, 2.75) is 39.1 Å². The third kappa shape index (κ3) is 5.60. The van der Waals surface area contributed by atoms with Crippen LogP contribution in [0, 0.1) is 5.92 Å². The highest BCUT2D eigenvalue weighted by molar-refractivity contribution is 5.82. The van der Waals surface area contributed by atoms with E-state index < -0.39 is 12.4 Å². The predicted octanol–water partition coefficient (Wildman–Crippen LogP) is 3.33. The highest BCUT2D eigenvalue weighted by atomic mass is 16.7. The molecule has 0 amide bonds. The lowest BCUT2D eigenvalue weighted by Gasteiger charge is -2.31. The van der Waals surface area contributed by atoms with Crippen LogP contribution in [-0.2, 0) is 14.3 Å². The Labute approximate surface area is 137 Å². The Morgan fingerprint density at radius 2 is 1.96 bits per heavy atom. The van der Waals surface area contributed by atoms with Gasteiger partial charge in [0.05, 0.1) is 13.7 Å². The summed E-state index contributed by atoms with van der Waals surface area (Å²) < 4.78 is 22.0. The summed E-state index contributed by atoms with van der Waals surface area (Å²) >= 11 is 0. The number of hydrogen-bond donors (Lipinski definition) is 0. The van der Waals surface area contributed by atoms with Gasteiger partial charge in [0.1, 0.15) is 11.5 Å². The molecule has 5 heteroatoms. The van der Waals surface area contributed by atoms with E-state index in [2.05, 4.69) is 0 Å². The first-order chi connectivity index (χ1) is 11.1. The third-order valence-electron chi connectivity index (χ3n) is 3.42. The Balaban J connectivity index is 1.95. The molecular formula is C18H24O5. The highest BCUT2D eigenvalue weighted by Crippen LogP contribution is 2.24. The minimum Gasteiger partial charge on any atom is -0.497 e. The van der Waals surface area contributed by atoms with Crippen LogP contribution in [0.2, 0.25) is 0 Å². The molecule has 1 aliphatic rings. The van der Waals surface area contributed by atoms with Gasteiger partial charge in [-0.3, -0.25) is 0 Å². The van der Waals surface area contributed by atoms with E-state index >= 15 is 0 Å². The van der Waals surface area contributed by atoms with Gasteiger partial charge in [-0.1, -0.05) is 19.9 Å². The summed E-state index contributed by atoms with van der Waals surface area (Å²) in [6, 6.07) is 7.22. The van der Waals surface area contributed by atoms with E-state index in [0.717, 1.165) is 18.6 Å². The van der Waals surface area contributed by atoms with Gasteiger partial charge in [-0.15, -0.1) is 0 Å². The van der Waals surface area contributed by atoms with Gasteiger partial charge >= 0.3 is 5.97 Å². The molecule has 1 aromatic carbocycles. The molecule has 126 valence electrons. The molecule has 1 fully saturated rings. The van der Waals surface area contributed by atoms with E-state index in [9.17, 15) is 4.79 Å². The first-order valence-electron chi connectivity index (χ1n) is 7.89. The van der Waals surface area contributed by atoms with Crippen molar-refractivity contribution < 1.29 is 23.7 Å². The summed E-state index contributed by atoms with van der Waals surface area (Å²) in [4.78, 5) is 11.9. The zero-order valence-corrected chi connectivity index (χ0v) is 13.9. The lowest BCUT2D eigenvalue weighted by molar-refractivity contribution is -0.193. The van der Waals surface area contributed by atoms with Crippen molar-refractivity contribution in [3.63, 3.8) is 0 Å². The second-order valence-corrected chi connectivity index (χ2v) is 5.75. The summed E-state index contributed by atoms with van der Waals surface area (Å²) in [5, 5.41) is 0. The summed E-state index contributed by atoms with van der Waals surface area (Å²) in [5.41, 5.74) is 0. The van der Waals surface area contributed by atoms with Gasteiger partial charge in [-0.05, 0) is 43.0 Å². The zero-order valence-electron chi connectivity index (χ0n) is 13.9. The van der Waals surface area contributed by atoms with Crippen molar-refractivity contribution in [1.82, 2.24) is 0 Å². The summed E-state index contributed by atoms with van der Waals surface area (Å²) in [7, 11) is 1.61. The fourth-order valence-corrected chi connectivity index (χ4v) is 2.20. The number of allylic oxidation sites excluding steroid dienone is 1. The molecule has 2 atom stereocenters. The first kappa shape index (κ1) is 17.3. The fourth-order valence-electron chi connectivity index (χ4n) is 2.20. The Bertz CT molecular complexity index is 521. The maximum atomic E-state index is 11.9. The molecule has 0 bridgehead atoms. The monoisotopic (exact) mass is 320 g/mol. The number of carbonyl (C=O) groups is 1. The van der Waals surface area contributed by atoms with Crippen LogP contribution in [0.4, 0.5) is 0 Å². The standard InChI is InChI=1S/C18H24O5/c1-13(2)6-11-17(19)23-16-5-4-12-21-18(16)22-15-9-7-14(20-3)8-10-15/h6-11,13,16,18H,4-5,12H2,1-3H3/b11-6+/t16-,18+/m1/s1. The smallest absolute Gasteiger partial charge is 0.330 e. The summed E-state index contributed by atoms with van der Waals surface area (Å²) in [6.45, 7) is 4.60. The van der Waals surface area contributed by atoms with Crippen LogP contribution in [0.5, 0.6) is 11.5 Å². The Kier molecular flexibility index (Phi) is 6.47. The second-order valence-electron chi connectivity index (χ2n) is 5.75. The number of benzene rings is 1. The average Bonchev–Trinajstić information content (AvgIpc) is 2.55. The maximum Gasteiger partial charge on any atom is 0.330 e. The third-order valence-corrected chi connectivity index (χ3v) is 3.42. The molecule has 1 aromatic rings. The van der Waals surface area contributed by atoms with Crippen molar-refractivity contribution in [2.75, 3.05) is 13.7 Å². The van der Waals surface area contributed by atoms with Crippen molar-refractivity contribution in [3.05, 3.63) is 36.4 Å². The van der Waals surface area contributed by atoms with Gasteiger partial charge in [0.2, 0.25) is 6.29 Å². The number of carbonyl (C=O) groups excluding carboxylic acids is 1. The zero-order chi connectivity index (χ0) is 16.7. The van der Waals surface area contributed by atoms with Gasteiger partial charge in [-0.25, -0.2) is 4.79 Å². The molecule has 0 saturated carbocycles. The van der Waals surface area contributed by atoms with E-state index in [0.29, 0.717) is 18.3 Å². The molecule has 2 rings (SSSR count). The molecule has 0 spiro atoms. The SMILES string of the molecule is COc1ccc(O[C@@H]2OCCC[C@H]2OC(=O)/C=C/C(C)C)cc1. The fraction of sp³-hybridized carbons (Fsp3) is 0.500. The normalized spacial score (nSPS) is 21.4. The molecule has 23 heavy (non-hydrogen) atoms. The van der Waals surface area contributed by atoms with E-state index in [1.807, 2.05) is 32.1 Å². The minimum absolute atomic E-state index is 0.302. The van der Waals surface area contributed by atoms with Crippen LogP contribution in [0.1, 0.15) is 26.7 Å². The summed E-state index contributed by atoms with van der Waals surface area (Å²) in [6.07, 6.45) is 3.84. The highest BCUT2D eigenvalue weighted by Gasteiger charge is 2.30. The van der Waals surface area contributed by atoms with Gasteiger partial charge in [-0.2, -0.15) is 0 Å². The lowest BCUT2D eigenvalue weighted by atomic mass is 10.1. The van der Waals surface area contributed by atoms with E-state index in [1.165, 1.54) is 6.08 Å². The van der Waals surface area contributed by atoms with Crippen LogP contribution in [0.3, 0.4) is 0 Å². The minimum atomic E-state index is -0.589. The molecule has 0 unspecified atom stereocenters. The van der Waals surface area contributed by atoms with Gasteiger partial charge in [0.15, 0.2) is 6.10 Å². The second kappa shape index (κ2) is 8.58. The molecule has 5 nitrogen and oxygen atoms in total. The average molecular weight is 320 g/mol. The molecule has 0 N–H and O–H groups in total. The largest absolute Gasteiger partial charge is 0.497 e. The Morgan fingerprint density at radius 3 is 2.61 bits per heavy atom. The molecule has 1 heterocycles. The van der Waals surface area contributed by atoms with Crippen LogP contribution in [0.25, 0.3) is 0 Å². The van der Waals surface area contributed by atoms with Crippen LogP contribution in [-0.4, -0.2) is 32.1 Å². The molecule has 0 aromatic heterocycles. The van der Waals surface area contributed by atoms with E-state index in [4.69, 9.17) is 18.9 Å². The molecule has 1 saturated heterocycles. The first-order valence-corrected chi connectivity index (χ1v) is 7.89. The van der Waals surface area contributed by atoms with Crippen LogP contribution >= 0.6 is 0 Å². The Morgan fingerprint density at radius 1 is 1.26 bits per heavy atom. The number of ether oxygens (including phenoxy) is 4. The predicted molar refractivity (Wildman–Crippen MR) is 86.5 cm³/mol. The van der Waals surface area contributed by atoms with E-state index in [1.54, 1.807) is 19.2 Å². The molecule has 1 aliphatic heterocycles. The Hall–Kier alpha value is -2.01. The lowest BCUT2D eigenvalue weighted by Crippen LogP contribution is -2.41. The quantitative estimate of drug-likeness (QED) is 0.594. The molecule has 0 aliphatic carbocycles. The van der Waals surface area contributed by atoms with Gasteiger partial charge < -0.3 is 18.9 Å². The number of esters is 1. The van der Waals surface area contributed by atoms with E-state index in [-0.39, 0.29) is 5.97 Å². The van der Waals surface area contributed by atoms with Crippen molar-refractivity contribution in [3.8, 4) is 11.5 Å². The van der Waals surface area contributed by atoms with Crippen LogP contribution in [0.15, 0.2) is 36.4 Å². The molecule has 0 radical (unpaired) electrons. The summed E-state index contributed by atoms with van der Waals surface area (Å²) in [5.74, 6) is 1.34. The van der Waals surface area contributed by atoms with Crippen molar-refractivity contribution in [2.24, 2.45) is 5.92 Å². The number of rotatable bonds is 6. The topological polar surface area (TPSA) is 54.0 Å². The van der Waals surface area contributed by atoms with Gasteiger partial charge in [0.25, 0.3) is 0 Å². The van der Waals surface area contributed by atoms with Crippen molar-refractivity contribution >= 4 is 5.97 Å². The van der Waals surface area contributed by atoms with Crippen LogP contribution < -0.4 is 9.47 Å². The number of hydrogen-bond acceptors (Lipinski definition) is 5. The number of methoxy groups -OCH3 is 1. The molecular weight excluding hydrogens is 296 g/mol. The maximum absolute atomic E-state index is 11.9. The van der Waals surface area contributed by atoms with Gasteiger partial charge in [0, 0.05) is 6.08 Å². The van der Waals surface area contributed by atoms with Crippen molar-refractivity contribution in [1.29, 1.82) is 0 Å².